The standard InChI is InChI=1S/C17H18O/c1-10(2)16-12(4)11(3)9-14-13-7-5-6-8-15(13)18-17(14)16/h5-10H,1-4H3. The minimum absolute atomic E-state index is 0.480. The van der Waals surface area contributed by atoms with Crippen LogP contribution in [0.3, 0.4) is 0 Å². The number of rotatable bonds is 1. The molecule has 2 aromatic carbocycles. The molecule has 1 heteroatoms. The molecule has 3 rings (SSSR count). The predicted molar refractivity (Wildman–Crippen MR) is 77.3 cm³/mol. The Bertz CT molecular complexity index is 732. The Kier molecular flexibility index (Phi) is 2.44. The summed E-state index contributed by atoms with van der Waals surface area (Å²) >= 11 is 0. The van der Waals surface area contributed by atoms with Gasteiger partial charge >= 0.3 is 0 Å². The minimum atomic E-state index is 0.480. The van der Waals surface area contributed by atoms with Crippen molar-refractivity contribution < 1.29 is 4.42 Å². The first-order valence-electron chi connectivity index (χ1n) is 6.51. The largest absolute Gasteiger partial charge is 0.456 e. The van der Waals surface area contributed by atoms with Crippen LogP contribution in [0.4, 0.5) is 0 Å². The predicted octanol–water partition coefficient (Wildman–Crippen LogP) is 5.33. The van der Waals surface area contributed by atoms with Gasteiger partial charge in [0.05, 0.1) is 0 Å². The first kappa shape index (κ1) is 11.3. The maximum atomic E-state index is 6.08. The first-order valence-corrected chi connectivity index (χ1v) is 6.51. The van der Waals surface area contributed by atoms with Gasteiger partial charge in [0.1, 0.15) is 11.2 Å². The molecule has 0 fully saturated rings. The minimum Gasteiger partial charge on any atom is -0.456 e. The third-order valence-corrected chi connectivity index (χ3v) is 3.81. The molecule has 0 aliphatic rings. The lowest BCUT2D eigenvalue weighted by molar-refractivity contribution is 0.655. The summed E-state index contributed by atoms with van der Waals surface area (Å²) in [6.45, 7) is 8.84. The van der Waals surface area contributed by atoms with Gasteiger partial charge in [-0.1, -0.05) is 32.0 Å². The van der Waals surface area contributed by atoms with E-state index in [1.165, 1.54) is 27.5 Å². The fourth-order valence-corrected chi connectivity index (χ4v) is 2.81. The van der Waals surface area contributed by atoms with Crippen molar-refractivity contribution in [3.05, 3.63) is 47.0 Å². The molecular formula is C17H18O. The van der Waals surface area contributed by atoms with Crippen LogP contribution in [0.5, 0.6) is 0 Å². The van der Waals surface area contributed by atoms with Gasteiger partial charge in [-0.25, -0.2) is 0 Å². The van der Waals surface area contributed by atoms with Gasteiger partial charge in [-0.2, -0.15) is 0 Å². The highest BCUT2D eigenvalue weighted by Gasteiger charge is 2.16. The lowest BCUT2D eigenvalue weighted by atomic mass is 9.92. The molecule has 1 aromatic heterocycles. The summed E-state index contributed by atoms with van der Waals surface area (Å²) in [5.74, 6) is 0.480. The van der Waals surface area contributed by atoms with E-state index in [2.05, 4.69) is 45.9 Å². The first-order chi connectivity index (χ1) is 8.59. The van der Waals surface area contributed by atoms with Gasteiger partial charge < -0.3 is 4.42 Å². The van der Waals surface area contributed by atoms with Crippen molar-refractivity contribution in [1.29, 1.82) is 0 Å². The van der Waals surface area contributed by atoms with Gasteiger partial charge in [0.25, 0.3) is 0 Å². The highest BCUT2D eigenvalue weighted by molar-refractivity contribution is 6.06. The Hall–Kier alpha value is -1.76. The van der Waals surface area contributed by atoms with E-state index < -0.39 is 0 Å². The van der Waals surface area contributed by atoms with Gasteiger partial charge in [0.2, 0.25) is 0 Å². The second-order valence-electron chi connectivity index (χ2n) is 5.36. The maximum Gasteiger partial charge on any atom is 0.139 e. The number of hydrogen-bond donors (Lipinski definition) is 0. The monoisotopic (exact) mass is 238 g/mol. The molecule has 0 saturated heterocycles. The molecule has 0 N–H and O–H groups in total. The van der Waals surface area contributed by atoms with Crippen molar-refractivity contribution in [2.45, 2.75) is 33.6 Å². The van der Waals surface area contributed by atoms with Gasteiger partial charge in [0.15, 0.2) is 0 Å². The van der Waals surface area contributed by atoms with Crippen LogP contribution in [0.1, 0.15) is 36.5 Å². The highest BCUT2D eigenvalue weighted by atomic mass is 16.3. The smallest absolute Gasteiger partial charge is 0.139 e. The molecule has 0 saturated carbocycles. The zero-order chi connectivity index (χ0) is 12.9. The second-order valence-corrected chi connectivity index (χ2v) is 5.36. The maximum absolute atomic E-state index is 6.08. The SMILES string of the molecule is Cc1cc2c(oc3ccccc32)c(C(C)C)c1C. The topological polar surface area (TPSA) is 13.1 Å². The number of hydrogen-bond acceptors (Lipinski definition) is 1. The third-order valence-electron chi connectivity index (χ3n) is 3.81. The quantitative estimate of drug-likeness (QED) is 0.558. The van der Waals surface area contributed by atoms with Crippen molar-refractivity contribution in [1.82, 2.24) is 0 Å². The number of benzene rings is 2. The van der Waals surface area contributed by atoms with Crippen LogP contribution in [-0.4, -0.2) is 0 Å². The van der Waals surface area contributed by atoms with Crippen molar-refractivity contribution in [3.63, 3.8) is 0 Å². The molecule has 0 radical (unpaired) electrons. The van der Waals surface area contributed by atoms with E-state index in [1.54, 1.807) is 0 Å². The van der Waals surface area contributed by atoms with Crippen molar-refractivity contribution in [2.75, 3.05) is 0 Å². The van der Waals surface area contributed by atoms with E-state index in [-0.39, 0.29) is 0 Å². The Labute approximate surface area is 107 Å². The molecule has 0 unspecified atom stereocenters. The molecule has 1 heterocycles. The van der Waals surface area contributed by atoms with Gasteiger partial charge in [-0.3, -0.25) is 0 Å². The third kappa shape index (κ3) is 1.47. The molecule has 0 aliphatic heterocycles. The normalized spacial score (nSPS) is 11.8. The summed E-state index contributed by atoms with van der Waals surface area (Å²) in [6.07, 6.45) is 0. The summed E-state index contributed by atoms with van der Waals surface area (Å²) < 4.78 is 6.08. The van der Waals surface area contributed by atoms with E-state index in [0.29, 0.717) is 5.92 Å². The van der Waals surface area contributed by atoms with E-state index >= 15 is 0 Å². The van der Waals surface area contributed by atoms with Crippen molar-refractivity contribution in [2.24, 2.45) is 0 Å². The zero-order valence-corrected chi connectivity index (χ0v) is 11.4. The Morgan fingerprint density at radius 2 is 1.72 bits per heavy atom. The second kappa shape index (κ2) is 3.88. The summed E-state index contributed by atoms with van der Waals surface area (Å²) in [7, 11) is 0. The van der Waals surface area contributed by atoms with Crippen LogP contribution >= 0.6 is 0 Å². The molecule has 0 aliphatic carbocycles. The van der Waals surface area contributed by atoms with Crippen LogP contribution in [0.25, 0.3) is 21.9 Å². The van der Waals surface area contributed by atoms with Gasteiger partial charge in [-0.05, 0) is 43.0 Å². The number of aryl methyl sites for hydroxylation is 1. The molecule has 0 spiro atoms. The molecule has 0 amide bonds. The van der Waals surface area contributed by atoms with E-state index in [0.717, 1.165) is 11.2 Å². The zero-order valence-electron chi connectivity index (χ0n) is 11.4. The van der Waals surface area contributed by atoms with E-state index in [9.17, 15) is 0 Å². The summed E-state index contributed by atoms with van der Waals surface area (Å²) in [4.78, 5) is 0. The molecule has 0 atom stereocenters. The van der Waals surface area contributed by atoms with Gasteiger partial charge in [-0.15, -0.1) is 0 Å². The Morgan fingerprint density at radius 3 is 2.44 bits per heavy atom. The lowest BCUT2D eigenvalue weighted by Gasteiger charge is -2.12. The Morgan fingerprint density at radius 1 is 1.00 bits per heavy atom. The van der Waals surface area contributed by atoms with Crippen LogP contribution < -0.4 is 0 Å². The molecule has 1 nitrogen and oxygen atoms in total. The van der Waals surface area contributed by atoms with Crippen LogP contribution in [0.15, 0.2) is 34.7 Å². The number of fused-ring (bicyclic) bond motifs is 3. The van der Waals surface area contributed by atoms with Crippen LogP contribution in [0.2, 0.25) is 0 Å². The van der Waals surface area contributed by atoms with Gasteiger partial charge in [0, 0.05) is 16.3 Å². The molecular weight excluding hydrogens is 220 g/mol. The highest BCUT2D eigenvalue weighted by Crippen LogP contribution is 2.37. The average Bonchev–Trinajstić information content (AvgIpc) is 2.68. The van der Waals surface area contributed by atoms with E-state index in [1.807, 2.05) is 12.1 Å². The molecule has 3 aromatic rings. The van der Waals surface area contributed by atoms with E-state index in [4.69, 9.17) is 4.42 Å². The van der Waals surface area contributed by atoms with Crippen LogP contribution in [-0.2, 0) is 0 Å². The Balaban J connectivity index is 2.55. The fourth-order valence-electron chi connectivity index (χ4n) is 2.81. The lowest BCUT2D eigenvalue weighted by Crippen LogP contribution is -1.95. The number of para-hydroxylation sites is 1. The summed E-state index contributed by atoms with van der Waals surface area (Å²) in [5.41, 5.74) is 6.10. The molecule has 18 heavy (non-hydrogen) atoms. The summed E-state index contributed by atoms with van der Waals surface area (Å²) in [5, 5.41) is 2.47. The van der Waals surface area contributed by atoms with Crippen molar-refractivity contribution >= 4 is 21.9 Å². The molecule has 92 valence electrons. The van der Waals surface area contributed by atoms with Crippen LogP contribution in [0, 0.1) is 13.8 Å². The summed E-state index contributed by atoms with van der Waals surface area (Å²) in [6, 6.07) is 10.5. The molecule has 0 bridgehead atoms. The number of furan rings is 1. The fraction of sp³-hybridized carbons (Fsp3) is 0.294. The average molecular weight is 238 g/mol. The van der Waals surface area contributed by atoms with Crippen molar-refractivity contribution in [3.8, 4) is 0 Å².